The van der Waals surface area contributed by atoms with Gasteiger partial charge in [0.25, 0.3) is 0 Å². The number of esters is 1. The number of ether oxygens (including phenoxy) is 1. The van der Waals surface area contributed by atoms with Gasteiger partial charge in [-0.15, -0.1) is 0 Å². The topological polar surface area (TPSA) is 46.5 Å². The molecule has 0 saturated heterocycles. The highest BCUT2D eigenvalue weighted by molar-refractivity contribution is 5.89. The van der Waals surface area contributed by atoms with E-state index < -0.39 is 5.60 Å². The minimum Gasteiger partial charge on any atom is -0.469 e. The smallest absolute Gasteiger partial charge is 0.312 e. The van der Waals surface area contributed by atoms with Gasteiger partial charge >= 0.3 is 5.97 Å². The molecule has 6 aliphatic rings. The molecule has 130 valence electrons. The van der Waals surface area contributed by atoms with Crippen LogP contribution in [0.1, 0.15) is 11.1 Å². The van der Waals surface area contributed by atoms with Crippen molar-refractivity contribution in [3.63, 3.8) is 0 Å². The number of benzene rings is 2. The molecule has 3 nitrogen and oxygen atoms in total. The lowest BCUT2D eigenvalue weighted by atomic mass is 8.91. The first-order chi connectivity index (χ1) is 12.7. The summed E-state index contributed by atoms with van der Waals surface area (Å²) in [6, 6.07) is 20.3. The molecule has 0 aliphatic heterocycles. The van der Waals surface area contributed by atoms with Gasteiger partial charge in [-0.1, -0.05) is 60.7 Å². The first kappa shape index (κ1) is 14.0. The van der Waals surface area contributed by atoms with E-state index in [1.807, 2.05) is 36.4 Å². The van der Waals surface area contributed by atoms with Gasteiger partial charge in [0.05, 0.1) is 12.5 Å². The van der Waals surface area contributed by atoms with Gasteiger partial charge in [0.2, 0.25) is 0 Å². The molecule has 0 spiro atoms. The molecule has 0 heterocycles. The summed E-state index contributed by atoms with van der Waals surface area (Å²) < 4.78 is 5.15. The third-order valence-electron chi connectivity index (χ3n) is 9.18. The summed E-state index contributed by atoms with van der Waals surface area (Å²) in [6.45, 7) is 0. The molecule has 3 heteroatoms. The van der Waals surface area contributed by atoms with Crippen LogP contribution in [-0.2, 0) is 15.1 Å². The van der Waals surface area contributed by atoms with Gasteiger partial charge in [-0.05, 0) is 46.6 Å². The molecule has 6 saturated carbocycles. The van der Waals surface area contributed by atoms with Crippen LogP contribution in [0.4, 0.5) is 0 Å². The Morgan fingerprint density at radius 2 is 1.27 bits per heavy atom. The number of carbonyl (C=O) groups is 1. The lowest BCUT2D eigenvalue weighted by molar-refractivity contribution is -0.664. The molecule has 0 atom stereocenters. The summed E-state index contributed by atoms with van der Waals surface area (Å²) in [5.74, 6) is 2.81. The van der Waals surface area contributed by atoms with E-state index in [1.54, 1.807) is 0 Å². The van der Waals surface area contributed by atoms with E-state index in [0.717, 1.165) is 11.1 Å². The van der Waals surface area contributed by atoms with Crippen molar-refractivity contribution >= 4 is 5.97 Å². The van der Waals surface area contributed by atoms with Crippen LogP contribution in [0.15, 0.2) is 60.7 Å². The summed E-state index contributed by atoms with van der Waals surface area (Å²) in [6.07, 6.45) is 0. The van der Waals surface area contributed by atoms with Crippen LogP contribution >= 0.6 is 0 Å². The summed E-state index contributed by atoms with van der Waals surface area (Å²) in [7, 11) is 1.52. The Labute approximate surface area is 152 Å². The van der Waals surface area contributed by atoms with E-state index >= 15 is 0 Å². The zero-order chi connectivity index (χ0) is 17.5. The lowest BCUT2D eigenvalue weighted by Gasteiger charge is -3.11. The standard InChI is InChI=1S/C23H20O3/c1-26-20(24)21-14-17-15(21)19-16(21)18(14)22(17,19)23(25,12-8-4-2-5-9-12)13-10-6-3-7-11-13/h2-11,14-19,25H,1H3. The van der Waals surface area contributed by atoms with Gasteiger partial charge in [0.1, 0.15) is 5.60 Å². The fourth-order valence-electron chi connectivity index (χ4n) is 8.86. The van der Waals surface area contributed by atoms with E-state index in [0.29, 0.717) is 35.5 Å². The fourth-order valence-corrected chi connectivity index (χ4v) is 8.86. The second-order valence-electron chi connectivity index (χ2n) is 8.95. The van der Waals surface area contributed by atoms with Crippen molar-refractivity contribution in [3.05, 3.63) is 71.8 Å². The van der Waals surface area contributed by atoms with Crippen LogP contribution in [0.3, 0.4) is 0 Å². The third kappa shape index (κ3) is 0.900. The molecule has 0 unspecified atom stereocenters. The van der Waals surface area contributed by atoms with Gasteiger partial charge in [0.15, 0.2) is 0 Å². The van der Waals surface area contributed by atoms with Crippen LogP contribution in [0.5, 0.6) is 0 Å². The molecule has 1 N–H and O–H groups in total. The summed E-state index contributed by atoms with van der Waals surface area (Å²) in [5.41, 5.74) is 0.806. The Hall–Kier alpha value is -2.13. The monoisotopic (exact) mass is 344 g/mol. The normalized spacial score (nSPS) is 47.3. The largest absolute Gasteiger partial charge is 0.469 e. The highest BCUT2D eigenvalue weighted by atomic mass is 16.5. The molecule has 0 bridgehead atoms. The molecule has 6 aliphatic carbocycles. The molecule has 0 amide bonds. The zero-order valence-electron chi connectivity index (χ0n) is 14.5. The Bertz CT molecular complexity index is 870. The predicted molar refractivity (Wildman–Crippen MR) is 93.7 cm³/mol. The SMILES string of the molecule is COC(=O)C12C3C4C1C1C2C3C41C(O)(c1ccccc1)c1ccccc1. The van der Waals surface area contributed by atoms with Gasteiger partial charge in [0, 0.05) is 5.41 Å². The van der Waals surface area contributed by atoms with Crippen LogP contribution in [-0.4, -0.2) is 18.2 Å². The Balaban J connectivity index is 1.38. The first-order valence-electron chi connectivity index (χ1n) is 9.59. The third-order valence-corrected chi connectivity index (χ3v) is 9.18. The van der Waals surface area contributed by atoms with Gasteiger partial charge in [-0.25, -0.2) is 0 Å². The van der Waals surface area contributed by atoms with Gasteiger partial charge in [-0.3, -0.25) is 4.79 Å². The minimum atomic E-state index is -0.957. The summed E-state index contributed by atoms with van der Waals surface area (Å²) in [4.78, 5) is 12.4. The van der Waals surface area contributed by atoms with Crippen LogP contribution in [0, 0.1) is 46.3 Å². The van der Waals surface area contributed by atoms with Crippen molar-refractivity contribution in [2.24, 2.45) is 46.3 Å². The van der Waals surface area contributed by atoms with E-state index in [4.69, 9.17) is 4.74 Å². The Kier molecular flexibility index (Phi) is 2.03. The van der Waals surface area contributed by atoms with E-state index in [9.17, 15) is 9.90 Å². The molecule has 8 rings (SSSR count). The summed E-state index contributed by atoms with van der Waals surface area (Å²) >= 11 is 0. The molecular formula is C23H20O3. The van der Waals surface area contributed by atoms with Gasteiger partial charge < -0.3 is 9.84 Å². The minimum absolute atomic E-state index is 0.0116. The number of aliphatic hydroxyl groups is 1. The van der Waals surface area contributed by atoms with Crippen LogP contribution in [0.2, 0.25) is 0 Å². The van der Waals surface area contributed by atoms with E-state index in [-0.39, 0.29) is 16.8 Å². The van der Waals surface area contributed by atoms with Crippen molar-refractivity contribution in [1.29, 1.82) is 0 Å². The van der Waals surface area contributed by atoms with Crippen molar-refractivity contribution < 1.29 is 14.6 Å². The van der Waals surface area contributed by atoms with Gasteiger partial charge in [-0.2, -0.15) is 0 Å². The quantitative estimate of drug-likeness (QED) is 0.868. The number of methoxy groups -OCH3 is 1. The first-order valence-corrected chi connectivity index (χ1v) is 9.59. The fraction of sp³-hybridized carbons (Fsp3) is 0.435. The number of carbonyl (C=O) groups excluding carboxylic acids is 1. The highest BCUT2D eigenvalue weighted by Crippen LogP contribution is 3.12. The summed E-state index contributed by atoms with van der Waals surface area (Å²) in [5, 5.41) is 12.3. The van der Waals surface area contributed by atoms with Crippen molar-refractivity contribution in [2.45, 2.75) is 5.60 Å². The molecule has 6 fully saturated rings. The van der Waals surface area contributed by atoms with Crippen molar-refractivity contribution in [1.82, 2.24) is 0 Å². The second kappa shape index (κ2) is 3.77. The Morgan fingerprint density at radius 1 is 0.846 bits per heavy atom. The lowest BCUT2D eigenvalue weighted by Crippen LogP contribution is -3.13. The van der Waals surface area contributed by atoms with Crippen molar-refractivity contribution in [3.8, 4) is 0 Å². The Morgan fingerprint density at radius 3 is 1.65 bits per heavy atom. The second-order valence-corrected chi connectivity index (χ2v) is 8.95. The van der Waals surface area contributed by atoms with Crippen LogP contribution < -0.4 is 0 Å². The van der Waals surface area contributed by atoms with E-state index in [1.165, 1.54) is 7.11 Å². The highest BCUT2D eigenvalue weighted by Gasteiger charge is 3.14. The maximum atomic E-state index is 12.4. The molecule has 2 aromatic rings. The molecule has 2 aromatic carbocycles. The maximum Gasteiger partial charge on any atom is 0.312 e. The molecule has 26 heavy (non-hydrogen) atoms. The molecule has 0 radical (unpaired) electrons. The molecule has 0 aromatic heterocycles. The predicted octanol–water partition coefficient (Wildman–Crippen LogP) is 2.83. The number of hydrogen-bond donors (Lipinski definition) is 1. The molecular weight excluding hydrogens is 324 g/mol. The van der Waals surface area contributed by atoms with Crippen LogP contribution in [0.25, 0.3) is 0 Å². The number of hydrogen-bond acceptors (Lipinski definition) is 3. The zero-order valence-corrected chi connectivity index (χ0v) is 14.5. The number of rotatable bonds is 4. The average molecular weight is 344 g/mol. The maximum absolute atomic E-state index is 12.4. The van der Waals surface area contributed by atoms with E-state index in [2.05, 4.69) is 24.3 Å². The van der Waals surface area contributed by atoms with Crippen molar-refractivity contribution in [2.75, 3.05) is 7.11 Å². The average Bonchev–Trinajstić information content (AvgIpc) is 2.73.